The van der Waals surface area contributed by atoms with Crippen molar-refractivity contribution in [3.8, 4) is 0 Å². The highest BCUT2D eigenvalue weighted by Crippen LogP contribution is 2.38. The third-order valence-corrected chi connectivity index (χ3v) is 4.12. The Balaban J connectivity index is 2.41. The first kappa shape index (κ1) is 15.6. The number of fused-ring (bicyclic) bond motifs is 1. The lowest BCUT2D eigenvalue weighted by Crippen LogP contribution is -2.69. The second kappa shape index (κ2) is 4.59. The van der Waals surface area contributed by atoms with E-state index in [0.29, 0.717) is 4.90 Å². The van der Waals surface area contributed by atoms with Crippen LogP contribution in [0.5, 0.6) is 0 Å². The maximum atomic E-state index is 12.3. The molecule has 12 heteroatoms. The van der Waals surface area contributed by atoms with Crippen molar-refractivity contribution in [3.05, 3.63) is 11.5 Å². The lowest BCUT2D eigenvalue weighted by molar-refractivity contribution is -0.153. The summed E-state index contributed by atoms with van der Waals surface area (Å²) < 4.78 is 62.5. The number of hydrogen-bond donors (Lipinski definition) is 2. The number of carbonyl (C=O) groups excluding carboxylic acids is 1. The monoisotopic (exact) mass is 330 g/mol. The van der Waals surface area contributed by atoms with E-state index in [-0.39, 0.29) is 12.8 Å². The zero-order chi connectivity index (χ0) is 16.2. The number of nitrogens with zero attached hydrogens (tertiary/aromatic N) is 1. The van der Waals surface area contributed by atoms with Crippen LogP contribution in [0.15, 0.2) is 11.5 Å². The summed E-state index contributed by atoms with van der Waals surface area (Å²) in [7, 11) is -6.00. The second-order valence-electron chi connectivity index (χ2n) is 4.40. The Labute approximate surface area is 116 Å². The fourth-order valence-electron chi connectivity index (χ4n) is 2.17. The molecule has 0 unspecified atom stereocenters. The molecule has 2 rings (SSSR count). The molecule has 2 aliphatic heterocycles. The van der Waals surface area contributed by atoms with Gasteiger partial charge in [0.15, 0.2) is 11.5 Å². The Morgan fingerprint density at radius 1 is 1.43 bits per heavy atom. The third kappa shape index (κ3) is 2.33. The van der Waals surface area contributed by atoms with Crippen LogP contribution in [0.3, 0.4) is 0 Å². The number of rotatable bonds is 3. The number of amides is 1. The van der Waals surface area contributed by atoms with Crippen LogP contribution in [0.25, 0.3) is 0 Å². The topological polar surface area (TPSA) is 127 Å². The minimum absolute atomic E-state index is 0.00635. The van der Waals surface area contributed by atoms with Crippen molar-refractivity contribution in [1.29, 1.82) is 0 Å². The fourth-order valence-corrected chi connectivity index (χ4v) is 2.69. The third-order valence-electron chi connectivity index (χ3n) is 3.14. The molecule has 21 heavy (non-hydrogen) atoms. The molecule has 0 aromatic heterocycles. The predicted octanol–water partition coefficient (Wildman–Crippen LogP) is -0.519. The Kier molecular flexibility index (Phi) is 3.40. The van der Waals surface area contributed by atoms with Crippen LogP contribution < -0.4 is 5.73 Å². The standard InChI is InChI=1S/C9H9F3N2O6S/c10-9(11,12)21(18,19)20-4-2-1-3-5(13)7(15)14(3)6(4)8(16)17/h3,5H,1-2,13H2,(H,16,17)/t3-,5-/m0/s1. The van der Waals surface area contributed by atoms with Gasteiger partial charge in [0.05, 0.1) is 6.04 Å². The number of alkyl halides is 3. The molecule has 1 fully saturated rings. The van der Waals surface area contributed by atoms with Gasteiger partial charge in [0.2, 0.25) is 5.91 Å². The minimum Gasteiger partial charge on any atom is -0.476 e. The van der Waals surface area contributed by atoms with Gasteiger partial charge in [-0.3, -0.25) is 9.69 Å². The van der Waals surface area contributed by atoms with Gasteiger partial charge in [-0.1, -0.05) is 0 Å². The summed E-state index contributed by atoms with van der Waals surface area (Å²) in [6, 6.07) is -1.65. The molecule has 0 aliphatic carbocycles. The Hall–Kier alpha value is -1.82. The number of β-lactam (4-membered cyclic amide) rings is 1. The number of carboxylic acid groups (broad SMARTS) is 1. The number of nitrogens with two attached hydrogens (primary N) is 1. The molecule has 2 aliphatic rings. The zero-order valence-corrected chi connectivity index (χ0v) is 10.9. The lowest BCUT2D eigenvalue weighted by atomic mass is 9.86. The summed E-state index contributed by atoms with van der Waals surface area (Å²) in [5.41, 5.74) is -1.19. The van der Waals surface area contributed by atoms with Gasteiger partial charge >= 0.3 is 21.6 Å². The number of carbonyl (C=O) groups is 2. The highest BCUT2D eigenvalue weighted by atomic mass is 32.2. The highest BCUT2D eigenvalue weighted by molar-refractivity contribution is 7.87. The van der Waals surface area contributed by atoms with E-state index < -0.39 is 51.0 Å². The number of carboxylic acids is 1. The number of allylic oxidation sites excluding steroid dienone is 1. The Morgan fingerprint density at radius 3 is 2.48 bits per heavy atom. The molecule has 1 saturated heterocycles. The quantitative estimate of drug-likeness (QED) is 0.405. The van der Waals surface area contributed by atoms with E-state index in [0.717, 1.165) is 0 Å². The smallest absolute Gasteiger partial charge is 0.476 e. The Morgan fingerprint density at radius 2 is 2.00 bits per heavy atom. The minimum atomic E-state index is -6.00. The lowest BCUT2D eigenvalue weighted by Gasteiger charge is -2.48. The molecule has 0 aromatic carbocycles. The van der Waals surface area contributed by atoms with Gasteiger partial charge in [-0.25, -0.2) is 4.79 Å². The van der Waals surface area contributed by atoms with Crippen molar-refractivity contribution < 1.29 is 40.5 Å². The highest BCUT2D eigenvalue weighted by Gasteiger charge is 2.54. The van der Waals surface area contributed by atoms with Gasteiger partial charge in [-0.2, -0.15) is 21.6 Å². The molecule has 0 aromatic rings. The largest absolute Gasteiger partial charge is 0.534 e. The second-order valence-corrected chi connectivity index (χ2v) is 5.94. The molecule has 118 valence electrons. The summed E-state index contributed by atoms with van der Waals surface area (Å²) in [6.45, 7) is 0. The normalized spacial score (nSPS) is 26.3. The van der Waals surface area contributed by atoms with E-state index >= 15 is 0 Å². The summed E-state index contributed by atoms with van der Waals surface area (Å²) in [6.07, 6.45) is -0.383. The van der Waals surface area contributed by atoms with Crippen molar-refractivity contribution >= 4 is 22.0 Å². The van der Waals surface area contributed by atoms with E-state index in [1.54, 1.807) is 0 Å². The van der Waals surface area contributed by atoms with Gasteiger partial charge in [0.25, 0.3) is 0 Å². The number of aliphatic carboxylic acids is 1. The van der Waals surface area contributed by atoms with E-state index in [4.69, 9.17) is 10.8 Å². The molecular formula is C9H9F3N2O6S. The van der Waals surface area contributed by atoms with Crippen LogP contribution in [0.2, 0.25) is 0 Å². The first-order valence-electron chi connectivity index (χ1n) is 5.53. The molecule has 8 nitrogen and oxygen atoms in total. The first-order valence-corrected chi connectivity index (χ1v) is 6.94. The fraction of sp³-hybridized carbons (Fsp3) is 0.556. The van der Waals surface area contributed by atoms with Gasteiger partial charge in [-0.05, 0) is 6.42 Å². The average Bonchev–Trinajstić information content (AvgIpc) is 2.35. The summed E-state index contributed by atoms with van der Waals surface area (Å²) >= 11 is 0. The SMILES string of the molecule is N[C@@H]1C(=O)N2C(C(=O)O)=C(OS(=O)(=O)C(F)(F)F)CC[C@@H]12. The molecule has 1 amide bonds. The van der Waals surface area contributed by atoms with E-state index in [1.807, 2.05) is 0 Å². The molecule has 2 atom stereocenters. The molecule has 0 bridgehead atoms. The summed E-state index contributed by atoms with van der Waals surface area (Å²) in [5.74, 6) is -3.52. The van der Waals surface area contributed by atoms with Crippen LogP contribution >= 0.6 is 0 Å². The van der Waals surface area contributed by atoms with Crippen molar-refractivity contribution in [2.24, 2.45) is 5.73 Å². The van der Waals surface area contributed by atoms with E-state index in [9.17, 15) is 31.2 Å². The molecule has 2 heterocycles. The maximum absolute atomic E-state index is 12.3. The number of halogens is 3. The maximum Gasteiger partial charge on any atom is 0.534 e. The first-order chi connectivity index (χ1) is 9.47. The van der Waals surface area contributed by atoms with Crippen molar-refractivity contribution in [3.63, 3.8) is 0 Å². The number of hydrogen-bond acceptors (Lipinski definition) is 6. The van der Waals surface area contributed by atoms with Gasteiger partial charge in [0.1, 0.15) is 6.04 Å². The molecule has 0 radical (unpaired) electrons. The van der Waals surface area contributed by atoms with E-state index in [2.05, 4.69) is 4.18 Å². The van der Waals surface area contributed by atoms with Gasteiger partial charge in [0, 0.05) is 6.42 Å². The van der Waals surface area contributed by atoms with Crippen LogP contribution in [0.4, 0.5) is 13.2 Å². The summed E-state index contributed by atoms with van der Waals surface area (Å²) in [4.78, 5) is 23.2. The molecule has 0 spiro atoms. The summed E-state index contributed by atoms with van der Waals surface area (Å²) in [5, 5.41) is 8.99. The molecular weight excluding hydrogens is 321 g/mol. The van der Waals surface area contributed by atoms with Crippen LogP contribution in [-0.2, 0) is 23.9 Å². The van der Waals surface area contributed by atoms with Gasteiger partial charge in [-0.15, -0.1) is 0 Å². The van der Waals surface area contributed by atoms with Crippen LogP contribution in [-0.4, -0.2) is 47.9 Å². The predicted molar refractivity (Wildman–Crippen MR) is 58.6 cm³/mol. The van der Waals surface area contributed by atoms with E-state index in [1.165, 1.54) is 0 Å². The average molecular weight is 330 g/mol. The van der Waals surface area contributed by atoms with Crippen LogP contribution in [0, 0.1) is 0 Å². The van der Waals surface area contributed by atoms with Crippen molar-refractivity contribution in [1.82, 2.24) is 4.90 Å². The van der Waals surface area contributed by atoms with Crippen molar-refractivity contribution in [2.75, 3.05) is 0 Å². The van der Waals surface area contributed by atoms with Crippen molar-refractivity contribution in [2.45, 2.75) is 30.4 Å². The molecule has 3 N–H and O–H groups in total. The van der Waals surface area contributed by atoms with Crippen LogP contribution in [0.1, 0.15) is 12.8 Å². The zero-order valence-electron chi connectivity index (χ0n) is 10.1. The van der Waals surface area contributed by atoms with Gasteiger partial charge < -0.3 is 15.0 Å². The Bertz CT molecular complexity index is 640. The molecule has 0 saturated carbocycles.